The molecule has 1 N–H and O–H groups in total. The summed E-state index contributed by atoms with van der Waals surface area (Å²) >= 11 is 0. The van der Waals surface area contributed by atoms with Gasteiger partial charge < -0.3 is 10.2 Å². The zero-order valence-corrected chi connectivity index (χ0v) is 8.21. The Labute approximate surface area is 75.3 Å². The fraction of sp³-hybridized carbons (Fsp3) is 1.00. The van der Waals surface area contributed by atoms with Crippen LogP contribution in [0.1, 0.15) is 26.2 Å². The van der Waals surface area contributed by atoms with Crippen molar-refractivity contribution in [2.24, 2.45) is 5.92 Å². The first-order chi connectivity index (χ1) is 5.75. The molecule has 1 aliphatic heterocycles. The van der Waals surface area contributed by atoms with Gasteiger partial charge in [-0.05, 0) is 38.8 Å². The van der Waals surface area contributed by atoms with Crippen LogP contribution < -0.4 is 5.32 Å². The molecule has 2 atom stereocenters. The minimum absolute atomic E-state index is 0.800. The fourth-order valence-electron chi connectivity index (χ4n) is 2.15. The van der Waals surface area contributed by atoms with Gasteiger partial charge in [-0.3, -0.25) is 0 Å². The smallest absolute Gasteiger partial charge is 0.0120 e. The summed E-state index contributed by atoms with van der Waals surface area (Å²) in [6.45, 7) is 4.91. The first-order valence-corrected chi connectivity index (χ1v) is 5.20. The molecule has 0 aromatic rings. The lowest BCUT2D eigenvalue weighted by Crippen LogP contribution is -2.47. The van der Waals surface area contributed by atoms with Gasteiger partial charge in [0.2, 0.25) is 0 Å². The zero-order valence-electron chi connectivity index (χ0n) is 8.21. The third-order valence-electron chi connectivity index (χ3n) is 3.14. The van der Waals surface area contributed by atoms with Gasteiger partial charge in [0.25, 0.3) is 0 Å². The van der Waals surface area contributed by atoms with E-state index in [4.69, 9.17) is 0 Å². The van der Waals surface area contributed by atoms with Crippen molar-refractivity contribution in [3.05, 3.63) is 0 Å². The molecule has 70 valence electrons. The second kappa shape index (κ2) is 3.35. The average Bonchev–Trinajstić information content (AvgIpc) is 2.79. The highest BCUT2D eigenvalue weighted by Gasteiger charge is 2.29. The fourth-order valence-corrected chi connectivity index (χ4v) is 2.15. The Morgan fingerprint density at radius 2 is 2.00 bits per heavy atom. The van der Waals surface area contributed by atoms with E-state index in [0.29, 0.717) is 0 Å². The molecule has 0 radical (unpaired) electrons. The zero-order chi connectivity index (χ0) is 8.55. The third kappa shape index (κ3) is 1.99. The van der Waals surface area contributed by atoms with Crippen LogP contribution in [0.3, 0.4) is 0 Å². The van der Waals surface area contributed by atoms with Crippen LogP contribution in [-0.4, -0.2) is 37.1 Å². The minimum Gasteiger partial charge on any atom is -0.311 e. The summed E-state index contributed by atoms with van der Waals surface area (Å²) < 4.78 is 0. The molecule has 2 unspecified atom stereocenters. The number of hydrogen-bond donors (Lipinski definition) is 1. The number of likely N-dealkylation sites (tertiary alicyclic amines) is 1. The molecule has 0 bridgehead atoms. The monoisotopic (exact) mass is 168 g/mol. The number of hydrogen-bond acceptors (Lipinski definition) is 2. The van der Waals surface area contributed by atoms with Crippen LogP contribution in [0.2, 0.25) is 0 Å². The molecule has 2 rings (SSSR count). The van der Waals surface area contributed by atoms with Gasteiger partial charge in [0.15, 0.2) is 0 Å². The third-order valence-corrected chi connectivity index (χ3v) is 3.14. The second-order valence-corrected chi connectivity index (χ2v) is 4.58. The van der Waals surface area contributed by atoms with Crippen molar-refractivity contribution in [2.75, 3.05) is 20.1 Å². The van der Waals surface area contributed by atoms with Crippen LogP contribution in [0.15, 0.2) is 0 Å². The first-order valence-electron chi connectivity index (χ1n) is 5.20. The molecular formula is C10H20N2. The van der Waals surface area contributed by atoms with E-state index < -0.39 is 0 Å². The van der Waals surface area contributed by atoms with Crippen molar-refractivity contribution in [2.45, 2.75) is 38.3 Å². The van der Waals surface area contributed by atoms with E-state index in [0.717, 1.165) is 18.0 Å². The van der Waals surface area contributed by atoms with Crippen molar-refractivity contribution < 1.29 is 0 Å². The predicted molar refractivity (Wildman–Crippen MR) is 51.2 cm³/mol. The Bertz CT molecular complexity index is 154. The predicted octanol–water partition coefficient (Wildman–Crippen LogP) is 1.08. The molecular weight excluding hydrogens is 148 g/mol. The number of piperidine rings is 1. The molecule has 2 nitrogen and oxygen atoms in total. The lowest BCUT2D eigenvalue weighted by atomic mass is 9.94. The van der Waals surface area contributed by atoms with Crippen molar-refractivity contribution in [3.63, 3.8) is 0 Å². The molecule has 0 amide bonds. The average molecular weight is 168 g/mol. The van der Waals surface area contributed by atoms with Gasteiger partial charge in [0.05, 0.1) is 0 Å². The highest BCUT2D eigenvalue weighted by Crippen LogP contribution is 2.24. The molecule has 0 aromatic heterocycles. The summed E-state index contributed by atoms with van der Waals surface area (Å²) in [5.41, 5.74) is 0. The van der Waals surface area contributed by atoms with Gasteiger partial charge in [-0.25, -0.2) is 0 Å². The topological polar surface area (TPSA) is 15.3 Å². The SMILES string of the molecule is CC1CN(C)CCC1NC1CC1. The Hall–Kier alpha value is -0.0800. The van der Waals surface area contributed by atoms with E-state index in [1.165, 1.54) is 32.4 Å². The minimum atomic E-state index is 0.800. The molecule has 0 aromatic carbocycles. The number of nitrogens with zero attached hydrogens (tertiary/aromatic N) is 1. The molecule has 1 aliphatic carbocycles. The second-order valence-electron chi connectivity index (χ2n) is 4.58. The van der Waals surface area contributed by atoms with Crippen LogP contribution in [-0.2, 0) is 0 Å². The summed E-state index contributed by atoms with van der Waals surface area (Å²) in [6, 6.07) is 1.68. The lowest BCUT2D eigenvalue weighted by molar-refractivity contribution is 0.174. The quantitative estimate of drug-likeness (QED) is 0.663. The van der Waals surface area contributed by atoms with Crippen LogP contribution in [0.5, 0.6) is 0 Å². The highest BCUT2D eigenvalue weighted by atomic mass is 15.1. The van der Waals surface area contributed by atoms with Crippen molar-refractivity contribution in [1.82, 2.24) is 10.2 Å². The standard InChI is InChI=1S/C10H20N2/c1-8-7-12(2)6-5-10(8)11-9-3-4-9/h8-11H,3-7H2,1-2H3. The normalized spacial score (nSPS) is 38.5. The Kier molecular flexibility index (Phi) is 2.37. The van der Waals surface area contributed by atoms with Gasteiger partial charge in [-0.1, -0.05) is 6.92 Å². The molecule has 1 saturated heterocycles. The van der Waals surface area contributed by atoms with E-state index in [9.17, 15) is 0 Å². The van der Waals surface area contributed by atoms with Gasteiger partial charge >= 0.3 is 0 Å². The maximum Gasteiger partial charge on any atom is 0.0120 e. The molecule has 12 heavy (non-hydrogen) atoms. The molecule has 0 spiro atoms. The maximum absolute atomic E-state index is 3.74. The molecule has 2 fully saturated rings. The molecule has 2 heteroatoms. The van der Waals surface area contributed by atoms with Crippen molar-refractivity contribution in [3.8, 4) is 0 Å². The van der Waals surface area contributed by atoms with Gasteiger partial charge in [-0.15, -0.1) is 0 Å². The Morgan fingerprint density at radius 3 is 2.58 bits per heavy atom. The highest BCUT2D eigenvalue weighted by molar-refractivity contribution is 4.89. The van der Waals surface area contributed by atoms with Gasteiger partial charge in [-0.2, -0.15) is 0 Å². The number of rotatable bonds is 2. The van der Waals surface area contributed by atoms with E-state index in [-0.39, 0.29) is 0 Å². The van der Waals surface area contributed by atoms with E-state index in [2.05, 4.69) is 24.2 Å². The first kappa shape index (κ1) is 8.52. The summed E-state index contributed by atoms with van der Waals surface area (Å²) in [4.78, 5) is 2.44. The Morgan fingerprint density at radius 1 is 1.25 bits per heavy atom. The van der Waals surface area contributed by atoms with Crippen LogP contribution >= 0.6 is 0 Å². The summed E-state index contributed by atoms with van der Waals surface area (Å²) in [5.74, 6) is 0.837. The van der Waals surface area contributed by atoms with Crippen molar-refractivity contribution >= 4 is 0 Å². The largest absolute Gasteiger partial charge is 0.311 e. The lowest BCUT2D eigenvalue weighted by Gasteiger charge is -2.35. The summed E-state index contributed by atoms with van der Waals surface area (Å²) in [5, 5.41) is 3.74. The van der Waals surface area contributed by atoms with E-state index >= 15 is 0 Å². The number of nitrogens with one attached hydrogen (secondary N) is 1. The molecule has 2 aliphatic rings. The summed E-state index contributed by atoms with van der Waals surface area (Å²) in [6.07, 6.45) is 4.17. The van der Waals surface area contributed by atoms with Crippen LogP contribution in [0.25, 0.3) is 0 Å². The summed E-state index contributed by atoms with van der Waals surface area (Å²) in [7, 11) is 2.23. The molecule has 1 heterocycles. The maximum atomic E-state index is 3.74. The molecule has 1 saturated carbocycles. The van der Waals surface area contributed by atoms with Gasteiger partial charge in [0, 0.05) is 18.6 Å². The van der Waals surface area contributed by atoms with E-state index in [1.54, 1.807) is 0 Å². The van der Waals surface area contributed by atoms with Crippen molar-refractivity contribution in [1.29, 1.82) is 0 Å². The van der Waals surface area contributed by atoms with Crippen LogP contribution in [0.4, 0.5) is 0 Å². The Balaban J connectivity index is 1.80. The van der Waals surface area contributed by atoms with E-state index in [1.807, 2.05) is 0 Å². The van der Waals surface area contributed by atoms with Gasteiger partial charge in [0.1, 0.15) is 0 Å². The van der Waals surface area contributed by atoms with Crippen LogP contribution in [0, 0.1) is 5.92 Å².